The number of fused-ring (bicyclic) bond motifs is 2. The van der Waals surface area contributed by atoms with Gasteiger partial charge in [-0.25, -0.2) is 9.59 Å². The van der Waals surface area contributed by atoms with Gasteiger partial charge in [-0.1, -0.05) is 0 Å². The number of carbonyl (C=O) groups is 2. The van der Waals surface area contributed by atoms with Crippen molar-refractivity contribution in [3.05, 3.63) is 80.5 Å². The molecule has 0 aliphatic rings. The fraction of sp³-hybridized carbons (Fsp3) is 0.259. The number of rotatable bonds is 9. The Morgan fingerprint density at radius 2 is 1.27 bits per heavy atom. The molecule has 10 heteroatoms. The van der Waals surface area contributed by atoms with Gasteiger partial charge in [0.1, 0.15) is 22.7 Å². The first-order chi connectivity index (χ1) is 17.7. The van der Waals surface area contributed by atoms with Gasteiger partial charge in [-0.15, -0.1) is 0 Å². The molecule has 0 aliphatic heterocycles. The lowest BCUT2D eigenvalue weighted by Gasteiger charge is -2.15. The van der Waals surface area contributed by atoms with Gasteiger partial charge in [-0.3, -0.25) is 9.59 Å². The summed E-state index contributed by atoms with van der Waals surface area (Å²) in [6, 6.07) is 12.5. The van der Waals surface area contributed by atoms with Crippen LogP contribution in [0.2, 0.25) is 0 Å². The molecule has 2 heterocycles. The first-order valence-electron chi connectivity index (χ1n) is 11.6. The van der Waals surface area contributed by atoms with Crippen LogP contribution < -0.4 is 31.4 Å². The van der Waals surface area contributed by atoms with E-state index in [0.717, 1.165) is 21.9 Å². The highest BCUT2D eigenvalue weighted by Gasteiger charge is 2.12. The standard InChI is InChI=1S/C27H26N2O8/c1-15-8-26(32)36-22-10-18(4-6-20(15)22)34-13-24(30)28-12-17(3)29-25(31)14-35-19-5-7-21-16(2)9-27(33)37-23(21)11-19/h4-11,17H,12-14H2,1-3H3,(H,28,30)(H,29,31)/t17-/m1/s1. The zero-order chi connectivity index (χ0) is 26.5. The highest BCUT2D eigenvalue weighted by molar-refractivity contribution is 5.83. The molecular weight excluding hydrogens is 480 g/mol. The number of nitrogens with one attached hydrogen (secondary N) is 2. The van der Waals surface area contributed by atoms with E-state index in [4.69, 9.17) is 18.3 Å². The van der Waals surface area contributed by atoms with Crippen molar-refractivity contribution in [1.29, 1.82) is 0 Å². The van der Waals surface area contributed by atoms with Crippen molar-refractivity contribution in [2.45, 2.75) is 26.8 Å². The molecule has 4 rings (SSSR count). The second-order valence-corrected chi connectivity index (χ2v) is 8.66. The zero-order valence-corrected chi connectivity index (χ0v) is 20.6. The lowest BCUT2D eigenvalue weighted by molar-refractivity contribution is -0.125. The molecule has 2 amide bonds. The van der Waals surface area contributed by atoms with E-state index in [-0.39, 0.29) is 37.6 Å². The van der Waals surface area contributed by atoms with Crippen LogP contribution in [0, 0.1) is 13.8 Å². The normalized spacial score (nSPS) is 11.8. The predicted octanol–water partition coefficient (Wildman–Crippen LogP) is 2.59. The van der Waals surface area contributed by atoms with Crippen molar-refractivity contribution >= 4 is 33.8 Å². The third-order valence-electron chi connectivity index (χ3n) is 5.60. The smallest absolute Gasteiger partial charge is 0.336 e. The summed E-state index contributed by atoms with van der Waals surface area (Å²) in [5, 5.41) is 6.98. The van der Waals surface area contributed by atoms with Crippen molar-refractivity contribution in [3.63, 3.8) is 0 Å². The fourth-order valence-corrected chi connectivity index (χ4v) is 3.77. The van der Waals surface area contributed by atoms with Crippen molar-refractivity contribution < 1.29 is 27.9 Å². The summed E-state index contributed by atoms with van der Waals surface area (Å²) in [7, 11) is 0. The molecule has 0 fully saturated rings. The van der Waals surface area contributed by atoms with E-state index in [1.165, 1.54) is 12.1 Å². The number of aryl methyl sites for hydroxylation is 2. The quantitative estimate of drug-likeness (QED) is 0.331. The molecule has 37 heavy (non-hydrogen) atoms. The average molecular weight is 507 g/mol. The molecule has 2 aromatic carbocycles. The van der Waals surface area contributed by atoms with Gasteiger partial charge in [0.2, 0.25) is 0 Å². The molecule has 2 N–H and O–H groups in total. The lowest BCUT2D eigenvalue weighted by Crippen LogP contribution is -2.44. The number of hydrogen-bond donors (Lipinski definition) is 2. The number of benzene rings is 2. The SMILES string of the molecule is Cc1cc(=O)oc2cc(OCC(=O)NC[C@@H](C)NC(=O)COc3ccc4c(C)cc(=O)oc4c3)ccc12. The van der Waals surface area contributed by atoms with E-state index in [1.807, 2.05) is 13.8 Å². The Morgan fingerprint density at radius 1 is 0.784 bits per heavy atom. The van der Waals surface area contributed by atoms with Gasteiger partial charge in [-0.05, 0) is 56.2 Å². The van der Waals surface area contributed by atoms with Crippen LogP contribution in [0.4, 0.5) is 0 Å². The molecule has 0 saturated heterocycles. The lowest BCUT2D eigenvalue weighted by atomic mass is 10.1. The Balaban J connectivity index is 1.21. The molecule has 0 spiro atoms. The van der Waals surface area contributed by atoms with E-state index in [9.17, 15) is 19.2 Å². The van der Waals surface area contributed by atoms with Gasteiger partial charge in [0, 0.05) is 47.6 Å². The molecule has 4 aromatic rings. The minimum Gasteiger partial charge on any atom is -0.484 e. The second-order valence-electron chi connectivity index (χ2n) is 8.66. The summed E-state index contributed by atoms with van der Waals surface area (Å²) in [6.07, 6.45) is 0. The van der Waals surface area contributed by atoms with Crippen LogP contribution in [-0.2, 0) is 9.59 Å². The first kappa shape index (κ1) is 25.5. The van der Waals surface area contributed by atoms with Crippen LogP contribution in [0.3, 0.4) is 0 Å². The largest absolute Gasteiger partial charge is 0.484 e. The highest BCUT2D eigenvalue weighted by Crippen LogP contribution is 2.23. The second kappa shape index (κ2) is 11.0. The van der Waals surface area contributed by atoms with Crippen LogP contribution >= 0.6 is 0 Å². The molecular formula is C27H26N2O8. The third-order valence-corrected chi connectivity index (χ3v) is 5.60. The van der Waals surface area contributed by atoms with Gasteiger partial charge in [-0.2, -0.15) is 0 Å². The summed E-state index contributed by atoms with van der Waals surface area (Å²) in [6.45, 7) is 5.04. The maximum Gasteiger partial charge on any atom is 0.336 e. The monoisotopic (exact) mass is 506 g/mol. The van der Waals surface area contributed by atoms with Crippen molar-refractivity contribution in [2.75, 3.05) is 19.8 Å². The summed E-state index contributed by atoms with van der Waals surface area (Å²) in [5.74, 6) is 0.0171. The summed E-state index contributed by atoms with van der Waals surface area (Å²) < 4.78 is 21.4. The molecule has 0 unspecified atom stereocenters. The Hall–Kier alpha value is -4.60. The van der Waals surface area contributed by atoms with Gasteiger partial charge in [0.15, 0.2) is 13.2 Å². The number of hydrogen-bond acceptors (Lipinski definition) is 8. The minimum atomic E-state index is -0.457. The van der Waals surface area contributed by atoms with E-state index >= 15 is 0 Å². The van der Waals surface area contributed by atoms with E-state index < -0.39 is 11.3 Å². The molecule has 0 radical (unpaired) electrons. The van der Waals surface area contributed by atoms with Gasteiger partial charge < -0.3 is 28.9 Å². The van der Waals surface area contributed by atoms with Crippen molar-refractivity contribution in [3.8, 4) is 11.5 Å². The number of ether oxygens (including phenoxy) is 2. The molecule has 0 bridgehead atoms. The highest BCUT2D eigenvalue weighted by atomic mass is 16.5. The Labute approximate surface area is 211 Å². The van der Waals surface area contributed by atoms with E-state index in [2.05, 4.69) is 10.6 Å². The van der Waals surface area contributed by atoms with Gasteiger partial charge >= 0.3 is 11.3 Å². The molecule has 2 aromatic heterocycles. The Morgan fingerprint density at radius 3 is 1.78 bits per heavy atom. The van der Waals surface area contributed by atoms with Crippen LogP contribution in [0.1, 0.15) is 18.1 Å². The fourth-order valence-electron chi connectivity index (χ4n) is 3.77. The Kier molecular flexibility index (Phi) is 7.57. The molecule has 0 saturated carbocycles. The summed E-state index contributed by atoms with van der Waals surface area (Å²) in [5.41, 5.74) is 1.42. The molecule has 192 valence electrons. The van der Waals surface area contributed by atoms with Crippen LogP contribution in [0.25, 0.3) is 21.9 Å². The minimum absolute atomic E-state index is 0.181. The van der Waals surface area contributed by atoms with Crippen LogP contribution in [0.15, 0.2) is 67.0 Å². The topological polar surface area (TPSA) is 137 Å². The molecule has 10 nitrogen and oxygen atoms in total. The van der Waals surface area contributed by atoms with Crippen LogP contribution in [-0.4, -0.2) is 37.6 Å². The van der Waals surface area contributed by atoms with Crippen molar-refractivity contribution in [1.82, 2.24) is 10.6 Å². The maximum atomic E-state index is 12.2. The van der Waals surface area contributed by atoms with Gasteiger partial charge in [0.05, 0.1) is 0 Å². The zero-order valence-electron chi connectivity index (χ0n) is 20.6. The van der Waals surface area contributed by atoms with Gasteiger partial charge in [0.25, 0.3) is 11.8 Å². The van der Waals surface area contributed by atoms with E-state index in [0.29, 0.717) is 22.7 Å². The number of carbonyl (C=O) groups excluding carboxylic acids is 2. The molecule has 0 aliphatic carbocycles. The average Bonchev–Trinajstić information content (AvgIpc) is 2.84. The van der Waals surface area contributed by atoms with E-state index in [1.54, 1.807) is 43.3 Å². The predicted molar refractivity (Wildman–Crippen MR) is 136 cm³/mol. The Bertz CT molecular complexity index is 1590. The maximum absolute atomic E-state index is 12.2. The van der Waals surface area contributed by atoms with Crippen LogP contribution in [0.5, 0.6) is 11.5 Å². The first-order valence-corrected chi connectivity index (χ1v) is 11.6. The summed E-state index contributed by atoms with van der Waals surface area (Å²) in [4.78, 5) is 47.5. The molecule has 1 atom stereocenters. The van der Waals surface area contributed by atoms with Crippen molar-refractivity contribution in [2.24, 2.45) is 0 Å². The number of amides is 2. The summed E-state index contributed by atoms with van der Waals surface area (Å²) >= 11 is 0. The third kappa shape index (κ3) is 6.54.